The first-order chi connectivity index (χ1) is 14.8. The van der Waals surface area contributed by atoms with Crippen LogP contribution in [0.3, 0.4) is 0 Å². The first-order valence-corrected chi connectivity index (χ1v) is 13.5. The molecule has 2 fully saturated rings. The zero-order chi connectivity index (χ0) is 21.0. The van der Waals surface area contributed by atoms with Gasteiger partial charge >= 0.3 is 0 Å². The SMILES string of the molecule is CCCCC[C@H]1CC[C@H](c2ccc(OCCC[C@H]3CC[C@H](CCC)CC3)cc2)CC1. The standard InChI is InChI=1S/C29H48O/c1-3-5-6-9-25-15-17-27(18-16-25)28-19-21-29(22-20-28)30-23-7-10-26-13-11-24(8-4-2)12-14-26/h19-22,24-27H,3-18,23H2,1-2H3/t24-,25-,26-,27-. The predicted octanol–water partition coefficient (Wildman–Crippen LogP) is 9.31. The second-order valence-electron chi connectivity index (χ2n) is 10.4. The highest BCUT2D eigenvalue weighted by atomic mass is 16.5. The molecule has 0 amide bonds. The van der Waals surface area contributed by atoms with E-state index in [9.17, 15) is 0 Å². The Kier molecular flexibility index (Phi) is 10.6. The molecule has 1 aromatic carbocycles. The molecule has 0 radical (unpaired) electrons. The maximum Gasteiger partial charge on any atom is 0.119 e. The van der Waals surface area contributed by atoms with Gasteiger partial charge in [0.25, 0.3) is 0 Å². The van der Waals surface area contributed by atoms with Crippen LogP contribution in [0, 0.1) is 17.8 Å². The molecule has 0 unspecified atom stereocenters. The predicted molar refractivity (Wildman–Crippen MR) is 130 cm³/mol. The van der Waals surface area contributed by atoms with Crippen LogP contribution in [0.1, 0.15) is 128 Å². The van der Waals surface area contributed by atoms with Crippen molar-refractivity contribution in [3.8, 4) is 5.75 Å². The minimum absolute atomic E-state index is 0.782. The second-order valence-corrected chi connectivity index (χ2v) is 10.4. The van der Waals surface area contributed by atoms with Crippen LogP contribution in [-0.2, 0) is 0 Å². The Hall–Kier alpha value is -0.980. The molecular weight excluding hydrogens is 364 g/mol. The van der Waals surface area contributed by atoms with Crippen LogP contribution in [0.15, 0.2) is 24.3 Å². The zero-order valence-corrected chi connectivity index (χ0v) is 20.0. The number of rotatable bonds is 12. The van der Waals surface area contributed by atoms with E-state index in [1.54, 1.807) is 0 Å². The van der Waals surface area contributed by atoms with Crippen LogP contribution in [0.5, 0.6) is 5.75 Å². The second kappa shape index (κ2) is 13.4. The van der Waals surface area contributed by atoms with Crippen LogP contribution in [0.2, 0.25) is 0 Å². The van der Waals surface area contributed by atoms with E-state index in [0.29, 0.717) is 0 Å². The fourth-order valence-corrected chi connectivity index (χ4v) is 6.08. The maximum atomic E-state index is 6.07. The number of unbranched alkanes of at least 4 members (excludes halogenated alkanes) is 2. The zero-order valence-electron chi connectivity index (χ0n) is 20.0. The molecule has 0 N–H and O–H groups in total. The number of benzene rings is 1. The van der Waals surface area contributed by atoms with Crippen molar-refractivity contribution in [1.29, 1.82) is 0 Å². The summed E-state index contributed by atoms with van der Waals surface area (Å²) in [4.78, 5) is 0. The van der Waals surface area contributed by atoms with E-state index in [1.807, 2.05) is 0 Å². The Labute approximate surface area is 187 Å². The van der Waals surface area contributed by atoms with Crippen molar-refractivity contribution >= 4 is 0 Å². The minimum atomic E-state index is 0.782. The fraction of sp³-hybridized carbons (Fsp3) is 0.793. The van der Waals surface area contributed by atoms with Gasteiger partial charge < -0.3 is 4.74 Å². The Morgan fingerprint density at radius 1 is 0.633 bits per heavy atom. The normalized spacial score (nSPS) is 27.1. The van der Waals surface area contributed by atoms with E-state index in [-0.39, 0.29) is 0 Å². The maximum absolute atomic E-state index is 6.07. The molecule has 2 saturated carbocycles. The van der Waals surface area contributed by atoms with E-state index >= 15 is 0 Å². The summed E-state index contributed by atoms with van der Waals surface area (Å²) in [5.41, 5.74) is 1.54. The molecule has 2 aliphatic rings. The van der Waals surface area contributed by atoms with E-state index in [2.05, 4.69) is 38.1 Å². The van der Waals surface area contributed by atoms with Crippen molar-refractivity contribution in [3.63, 3.8) is 0 Å². The molecule has 2 aliphatic carbocycles. The molecule has 0 spiro atoms. The molecular formula is C29H48O. The number of hydrogen-bond acceptors (Lipinski definition) is 1. The van der Waals surface area contributed by atoms with Gasteiger partial charge in [-0.05, 0) is 79.9 Å². The summed E-state index contributed by atoms with van der Waals surface area (Å²) in [5.74, 6) is 4.83. The lowest BCUT2D eigenvalue weighted by atomic mass is 9.77. The van der Waals surface area contributed by atoms with Crippen molar-refractivity contribution in [2.75, 3.05) is 6.61 Å². The van der Waals surface area contributed by atoms with Crippen LogP contribution in [-0.4, -0.2) is 6.61 Å². The molecule has 0 saturated heterocycles. The first kappa shape index (κ1) is 23.7. The fourth-order valence-electron chi connectivity index (χ4n) is 6.08. The molecule has 3 rings (SSSR count). The van der Waals surface area contributed by atoms with Crippen LogP contribution in [0.25, 0.3) is 0 Å². The van der Waals surface area contributed by atoms with E-state index in [1.165, 1.54) is 108 Å². The average Bonchev–Trinajstić information content (AvgIpc) is 2.79. The van der Waals surface area contributed by atoms with Gasteiger partial charge in [0.2, 0.25) is 0 Å². The topological polar surface area (TPSA) is 9.23 Å². The van der Waals surface area contributed by atoms with Crippen molar-refractivity contribution in [2.45, 2.75) is 122 Å². The Balaban J connectivity index is 1.29. The molecule has 0 aliphatic heterocycles. The van der Waals surface area contributed by atoms with Gasteiger partial charge in [0.1, 0.15) is 5.75 Å². The highest BCUT2D eigenvalue weighted by Gasteiger charge is 2.22. The summed E-state index contributed by atoms with van der Waals surface area (Å²) in [5, 5.41) is 0. The lowest BCUT2D eigenvalue weighted by Crippen LogP contribution is -2.15. The van der Waals surface area contributed by atoms with Gasteiger partial charge in [-0.2, -0.15) is 0 Å². The van der Waals surface area contributed by atoms with E-state index < -0.39 is 0 Å². The first-order valence-electron chi connectivity index (χ1n) is 13.5. The monoisotopic (exact) mass is 412 g/mol. The summed E-state index contributed by atoms with van der Waals surface area (Å²) in [7, 11) is 0. The smallest absolute Gasteiger partial charge is 0.119 e. The van der Waals surface area contributed by atoms with Gasteiger partial charge in [-0.15, -0.1) is 0 Å². The van der Waals surface area contributed by atoms with Gasteiger partial charge in [-0.1, -0.05) is 90.2 Å². The molecule has 0 aromatic heterocycles. The number of ether oxygens (including phenoxy) is 1. The Morgan fingerprint density at radius 2 is 1.20 bits per heavy atom. The molecule has 170 valence electrons. The van der Waals surface area contributed by atoms with Crippen molar-refractivity contribution in [1.82, 2.24) is 0 Å². The van der Waals surface area contributed by atoms with Crippen molar-refractivity contribution in [2.24, 2.45) is 17.8 Å². The van der Waals surface area contributed by atoms with Gasteiger partial charge in [0, 0.05) is 0 Å². The van der Waals surface area contributed by atoms with Crippen LogP contribution in [0.4, 0.5) is 0 Å². The van der Waals surface area contributed by atoms with Gasteiger partial charge in [-0.3, -0.25) is 0 Å². The molecule has 1 heteroatoms. The van der Waals surface area contributed by atoms with Crippen molar-refractivity contribution < 1.29 is 4.74 Å². The lowest BCUT2D eigenvalue weighted by molar-refractivity contribution is 0.230. The molecule has 1 aromatic rings. The summed E-state index contributed by atoms with van der Waals surface area (Å²) >= 11 is 0. The molecule has 30 heavy (non-hydrogen) atoms. The Bertz CT molecular complexity index is 546. The summed E-state index contributed by atoms with van der Waals surface area (Å²) in [6.45, 7) is 5.52. The minimum Gasteiger partial charge on any atom is -0.494 e. The van der Waals surface area contributed by atoms with Crippen LogP contribution >= 0.6 is 0 Å². The average molecular weight is 413 g/mol. The van der Waals surface area contributed by atoms with Gasteiger partial charge in [-0.25, -0.2) is 0 Å². The molecule has 1 nitrogen and oxygen atoms in total. The highest BCUT2D eigenvalue weighted by molar-refractivity contribution is 5.29. The third-order valence-electron chi connectivity index (χ3n) is 8.10. The third-order valence-corrected chi connectivity index (χ3v) is 8.10. The third kappa shape index (κ3) is 7.93. The van der Waals surface area contributed by atoms with E-state index in [0.717, 1.165) is 36.0 Å². The summed E-state index contributed by atoms with van der Waals surface area (Å²) < 4.78 is 6.07. The summed E-state index contributed by atoms with van der Waals surface area (Å²) in [6, 6.07) is 9.12. The summed E-state index contributed by atoms with van der Waals surface area (Å²) in [6.07, 6.45) is 22.6. The van der Waals surface area contributed by atoms with Crippen LogP contribution < -0.4 is 4.74 Å². The molecule has 0 bridgehead atoms. The highest BCUT2D eigenvalue weighted by Crippen LogP contribution is 2.38. The molecule has 0 atom stereocenters. The largest absolute Gasteiger partial charge is 0.494 e. The quantitative estimate of drug-likeness (QED) is 0.311. The van der Waals surface area contributed by atoms with Gasteiger partial charge in [0.15, 0.2) is 0 Å². The molecule has 0 heterocycles. The number of hydrogen-bond donors (Lipinski definition) is 0. The van der Waals surface area contributed by atoms with E-state index in [4.69, 9.17) is 4.74 Å². The van der Waals surface area contributed by atoms with Crippen molar-refractivity contribution in [3.05, 3.63) is 29.8 Å². The lowest BCUT2D eigenvalue weighted by Gasteiger charge is -2.29. The van der Waals surface area contributed by atoms with Gasteiger partial charge in [0.05, 0.1) is 6.61 Å². The Morgan fingerprint density at radius 3 is 1.80 bits per heavy atom.